The molecule has 7 nitrogen and oxygen atoms in total. The number of anilines is 1. The van der Waals surface area contributed by atoms with Crippen LogP contribution in [0.5, 0.6) is 0 Å². The number of benzene rings is 2. The molecule has 2 aromatic heterocycles. The quantitative estimate of drug-likeness (QED) is 0.332. The van der Waals surface area contributed by atoms with Gasteiger partial charge in [-0.3, -0.25) is 20.2 Å². The Kier molecular flexibility index (Phi) is 4.46. The Morgan fingerprint density at radius 3 is 2.85 bits per heavy atom. The lowest BCUT2D eigenvalue weighted by molar-refractivity contribution is -0.384. The number of amides is 1. The zero-order valence-corrected chi connectivity index (χ0v) is 15.9. The fourth-order valence-corrected chi connectivity index (χ4v) is 3.91. The topological polar surface area (TPSA) is 98.3 Å². The number of fused-ring (bicyclic) bond motifs is 1. The summed E-state index contributed by atoms with van der Waals surface area (Å²) in [4.78, 5) is 27.2. The number of carbonyl (C=O) groups excluding carboxylic acids is 1. The van der Waals surface area contributed by atoms with E-state index in [1.807, 2.05) is 18.2 Å². The van der Waals surface area contributed by atoms with Gasteiger partial charge in [0.15, 0.2) is 10.9 Å². The predicted molar refractivity (Wildman–Crippen MR) is 106 cm³/mol. The summed E-state index contributed by atoms with van der Waals surface area (Å²) in [6, 6.07) is 14.8. The molecule has 1 amide bonds. The average Bonchev–Trinajstić information content (AvgIpc) is 3.28. The van der Waals surface area contributed by atoms with Gasteiger partial charge in [-0.25, -0.2) is 4.98 Å². The Labute approximate surface area is 164 Å². The number of furan rings is 1. The number of hydrogen-bond acceptors (Lipinski definition) is 6. The number of nitrogens with zero attached hydrogens (tertiary/aromatic N) is 2. The largest absolute Gasteiger partial charge is 0.451 e. The molecule has 0 aliphatic rings. The molecule has 9 heteroatoms. The van der Waals surface area contributed by atoms with Crippen LogP contribution in [0, 0.1) is 10.1 Å². The molecule has 0 saturated heterocycles. The average molecular weight is 444 g/mol. The molecule has 0 atom stereocenters. The van der Waals surface area contributed by atoms with Crippen molar-refractivity contribution < 1.29 is 14.1 Å². The Morgan fingerprint density at radius 1 is 1.19 bits per heavy atom. The van der Waals surface area contributed by atoms with Crippen molar-refractivity contribution in [1.29, 1.82) is 0 Å². The van der Waals surface area contributed by atoms with Gasteiger partial charge in [-0.2, -0.15) is 0 Å². The van der Waals surface area contributed by atoms with Crippen molar-refractivity contribution in [3.05, 3.63) is 74.9 Å². The number of non-ortho nitro benzene ring substituents is 1. The fourth-order valence-electron chi connectivity index (χ4n) is 2.50. The van der Waals surface area contributed by atoms with Crippen molar-refractivity contribution in [2.24, 2.45) is 0 Å². The summed E-state index contributed by atoms with van der Waals surface area (Å²) < 4.78 is 7.44. The molecule has 134 valence electrons. The molecular weight excluding hydrogens is 434 g/mol. The molecule has 0 spiro atoms. The van der Waals surface area contributed by atoms with Crippen LogP contribution in [0.1, 0.15) is 10.6 Å². The number of nitro benzene ring substituents is 1. The minimum atomic E-state index is -0.481. The van der Waals surface area contributed by atoms with Crippen LogP contribution in [0.3, 0.4) is 0 Å². The van der Waals surface area contributed by atoms with Crippen molar-refractivity contribution >= 4 is 54.2 Å². The molecule has 0 fully saturated rings. The first-order chi connectivity index (χ1) is 13.0. The van der Waals surface area contributed by atoms with Gasteiger partial charge < -0.3 is 4.42 Å². The SMILES string of the molecule is O=C(Nc1nc2ccc(Br)cc2s1)c1ccc(-c2cccc([N+](=O)[O-])c2)o1. The highest BCUT2D eigenvalue weighted by Gasteiger charge is 2.16. The van der Waals surface area contributed by atoms with E-state index in [0.717, 1.165) is 14.7 Å². The van der Waals surface area contributed by atoms with E-state index in [9.17, 15) is 14.9 Å². The molecule has 0 radical (unpaired) electrons. The molecule has 2 heterocycles. The van der Waals surface area contributed by atoms with E-state index in [0.29, 0.717) is 16.5 Å². The highest BCUT2D eigenvalue weighted by atomic mass is 79.9. The molecule has 2 aromatic carbocycles. The molecule has 27 heavy (non-hydrogen) atoms. The van der Waals surface area contributed by atoms with Crippen LogP contribution < -0.4 is 5.32 Å². The van der Waals surface area contributed by atoms with Crippen LogP contribution >= 0.6 is 27.3 Å². The van der Waals surface area contributed by atoms with Crippen LogP contribution in [0.25, 0.3) is 21.5 Å². The number of nitrogens with one attached hydrogen (secondary N) is 1. The molecule has 0 aliphatic heterocycles. The van der Waals surface area contributed by atoms with Gasteiger partial charge in [-0.15, -0.1) is 0 Å². The molecule has 0 bridgehead atoms. The Balaban J connectivity index is 1.56. The Bertz CT molecular complexity index is 1180. The first-order valence-electron chi connectivity index (χ1n) is 7.72. The van der Waals surface area contributed by atoms with Crippen LogP contribution in [0.2, 0.25) is 0 Å². The van der Waals surface area contributed by atoms with Crippen LogP contribution in [-0.4, -0.2) is 15.8 Å². The van der Waals surface area contributed by atoms with E-state index in [4.69, 9.17) is 4.42 Å². The lowest BCUT2D eigenvalue weighted by atomic mass is 10.1. The molecule has 0 aliphatic carbocycles. The summed E-state index contributed by atoms with van der Waals surface area (Å²) >= 11 is 4.76. The van der Waals surface area contributed by atoms with E-state index >= 15 is 0 Å². The first kappa shape index (κ1) is 17.4. The minimum Gasteiger partial charge on any atom is -0.451 e. The van der Waals surface area contributed by atoms with Gasteiger partial charge >= 0.3 is 0 Å². The number of rotatable bonds is 4. The van der Waals surface area contributed by atoms with Crippen molar-refractivity contribution in [2.45, 2.75) is 0 Å². The number of nitro groups is 1. The van der Waals surface area contributed by atoms with Crippen molar-refractivity contribution in [1.82, 2.24) is 4.98 Å². The number of halogens is 1. The molecule has 0 unspecified atom stereocenters. The number of hydrogen-bond donors (Lipinski definition) is 1. The third-order valence-electron chi connectivity index (χ3n) is 3.74. The predicted octanol–water partition coefficient (Wildman–Crippen LogP) is 5.48. The van der Waals surface area contributed by atoms with Crippen LogP contribution in [0.4, 0.5) is 10.8 Å². The monoisotopic (exact) mass is 443 g/mol. The third-order valence-corrected chi connectivity index (χ3v) is 5.17. The van der Waals surface area contributed by atoms with E-state index in [1.165, 1.54) is 29.5 Å². The molecule has 4 aromatic rings. The van der Waals surface area contributed by atoms with E-state index in [2.05, 4.69) is 26.2 Å². The van der Waals surface area contributed by atoms with E-state index in [-0.39, 0.29) is 11.4 Å². The van der Waals surface area contributed by atoms with Gasteiger partial charge in [-0.1, -0.05) is 39.4 Å². The zero-order valence-electron chi connectivity index (χ0n) is 13.5. The summed E-state index contributed by atoms with van der Waals surface area (Å²) in [5.41, 5.74) is 1.26. The summed E-state index contributed by atoms with van der Waals surface area (Å²) in [5.74, 6) is 0.0267. The zero-order chi connectivity index (χ0) is 19.0. The van der Waals surface area contributed by atoms with Gasteiger partial charge in [0.05, 0.1) is 15.1 Å². The first-order valence-corrected chi connectivity index (χ1v) is 9.33. The fraction of sp³-hybridized carbons (Fsp3) is 0. The van der Waals surface area contributed by atoms with E-state index < -0.39 is 10.8 Å². The van der Waals surface area contributed by atoms with Crippen molar-refractivity contribution in [3.8, 4) is 11.3 Å². The van der Waals surface area contributed by atoms with Gasteiger partial charge in [0.25, 0.3) is 11.6 Å². The second kappa shape index (κ2) is 6.93. The molecule has 1 N–H and O–H groups in total. The summed E-state index contributed by atoms with van der Waals surface area (Å²) in [5, 5.41) is 14.1. The Hall–Kier alpha value is -3.04. The molecule has 0 saturated carbocycles. The van der Waals surface area contributed by atoms with Crippen molar-refractivity contribution in [3.63, 3.8) is 0 Å². The van der Waals surface area contributed by atoms with Crippen LogP contribution in [-0.2, 0) is 0 Å². The smallest absolute Gasteiger partial charge is 0.293 e. The molecular formula is C18H10BrN3O4S. The number of carbonyl (C=O) groups is 1. The second-order valence-corrected chi connectivity index (χ2v) is 7.50. The van der Waals surface area contributed by atoms with Gasteiger partial charge in [0, 0.05) is 22.2 Å². The van der Waals surface area contributed by atoms with E-state index in [1.54, 1.807) is 18.2 Å². The minimum absolute atomic E-state index is 0.0458. The maximum Gasteiger partial charge on any atom is 0.293 e. The summed E-state index contributed by atoms with van der Waals surface area (Å²) in [6.07, 6.45) is 0. The van der Waals surface area contributed by atoms with Gasteiger partial charge in [0.2, 0.25) is 0 Å². The summed E-state index contributed by atoms with van der Waals surface area (Å²) in [6.45, 7) is 0. The normalized spacial score (nSPS) is 10.9. The van der Waals surface area contributed by atoms with Gasteiger partial charge in [0.1, 0.15) is 5.76 Å². The van der Waals surface area contributed by atoms with Gasteiger partial charge in [-0.05, 0) is 30.3 Å². The lowest BCUT2D eigenvalue weighted by Gasteiger charge is -1.99. The maximum atomic E-state index is 12.4. The standard InChI is InChI=1S/C18H10BrN3O4S/c19-11-4-5-13-16(9-11)27-18(20-13)21-17(23)15-7-6-14(26-15)10-2-1-3-12(8-10)22(24)25/h1-9H,(H,20,21,23). The number of thiazole rings is 1. The lowest BCUT2D eigenvalue weighted by Crippen LogP contribution is -2.10. The third kappa shape index (κ3) is 3.60. The maximum absolute atomic E-state index is 12.4. The summed E-state index contributed by atoms with van der Waals surface area (Å²) in [7, 11) is 0. The highest BCUT2D eigenvalue weighted by Crippen LogP contribution is 2.30. The number of aromatic nitrogens is 1. The Morgan fingerprint density at radius 2 is 2.04 bits per heavy atom. The highest BCUT2D eigenvalue weighted by molar-refractivity contribution is 9.10. The van der Waals surface area contributed by atoms with Crippen LogP contribution in [0.15, 0.2) is 63.5 Å². The molecule has 4 rings (SSSR count). The second-order valence-electron chi connectivity index (χ2n) is 5.56. The van der Waals surface area contributed by atoms with Crippen molar-refractivity contribution in [2.75, 3.05) is 5.32 Å².